The van der Waals surface area contributed by atoms with Crippen LogP contribution in [0.5, 0.6) is 5.75 Å². The largest absolute Gasteiger partial charge is 0.490 e. The number of halogens is 2. The number of likely N-dealkylation sites (tertiary alicyclic amines) is 1. The number of ether oxygens (including phenoxy) is 1. The number of hydrogen-bond acceptors (Lipinski definition) is 3. The molecule has 1 fully saturated rings. The summed E-state index contributed by atoms with van der Waals surface area (Å²) >= 11 is 5.68. The summed E-state index contributed by atoms with van der Waals surface area (Å²) in [6.45, 7) is 3.09. The van der Waals surface area contributed by atoms with Crippen LogP contribution in [0.25, 0.3) is 0 Å². The summed E-state index contributed by atoms with van der Waals surface area (Å²) in [6.07, 6.45) is 2.24. The predicted octanol–water partition coefficient (Wildman–Crippen LogP) is 3.49. The van der Waals surface area contributed by atoms with Crippen molar-refractivity contribution >= 4 is 17.5 Å². The van der Waals surface area contributed by atoms with Crippen LogP contribution < -0.4 is 10.3 Å². The molecule has 5 nitrogen and oxygen atoms in total. The minimum atomic E-state index is -0.462. The van der Waals surface area contributed by atoms with E-state index in [0.29, 0.717) is 31.7 Å². The van der Waals surface area contributed by atoms with Crippen molar-refractivity contribution in [3.63, 3.8) is 0 Å². The van der Waals surface area contributed by atoms with Gasteiger partial charge in [-0.1, -0.05) is 17.7 Å². The molecule has 7 heteroatoms. The van der Waals surface area contributed by atoms with E-state index < -0.39 is 5.82 Å². The maximum atomic E-state index is 13.5. The minimum absolute atomic E-state index is 0.0130. The monoisotopic (exact) mass is 406 g/mol. The maximum Gasteiger partial charge on any atom is 0.254 e. The number of rotatable bonds is 5. The summed E-state index contributed by atoms with van der Waals surface area (Å²) in [4.78, 5) is 26.1. The van der Waals surface area contributed by atoms with Crippen LogP contribution in [-0.2, 0) is 18.3 Å². The zero-order chi connectivity index (χ0) is 20.3. The molecular formula is C21H24ClFN2O3. The lowest BCUT2D eigenvalue weighted by atomic mass is 10.1. The van der Waals surface area contributed by atoms with E-state index in [2.05, 4.69) is 0 Å². The van der Waals surface area contributed by atoms with Crippen molar-refractivity contribution in [2.45, 2.75) is 38.7 Å². The normalized spacial score (nSPS) is 14.9. The molecule has 0 radical (unpaired) electrons. The molecule has 1 aromatic carbocycles. The lowest BCUT2D eigenvalue weighted by molar-refractivity contribution is -0.132. The van der Waals surface area contributed by atoms with Gasteiger partial charge >= 0.3 is 0 Å². The topological polar surface area (TPSA) is 51.5 Å². The quantitative estimate of drug-likeness (QED) is 0.763. The van der Waals surface area contributed by atoms with Gasteiger partial charge in [-0.05, 0) is 37.1 Å². The minimum Gasteiger partial charge on any atom is -0.490 e. The Labute approximate surface area is 168 Å². The molecule has 0 spiro atoms. The van der Waals surface area contributed by atoms with Gasteiger partial charge in [-0.15, -0.1) is 0 Å². The molecule has 3 rings (SSSR count). The first-order chi connectivity index (χ1) is 13.3. The van der Waals surface area contributed by atoms with E-state index in [-0.39, 0.29) is 22.6 Å². The van der Waals surface area contributed by atoms with Crippen LogP contribution in [0.1, 0.15) is 30.5 Å². The molecule has 1 aliphatic heterocycles. The van der Waals surface area contributed by atoms with Crippen LogP contribution in [0.15, 0.2) is 35.1 Å². The highest BCUT2D eigenvalue weighted by atomic mass is 35.5. The van der Waals surface area contributed by atoms with Crippen molar-refractivity contribution < 1.29 is 13.9 Å². The van der Waals surface area contributed by atoms with Gasteiger partial charge in [0, 0.05) is 51.2 Å². The number of carbonyl (C=O) groups is 1. The molecule has 0 aliphatic carbocycles. The highest BCUT2D eigenvalue weighted by Gasteiger charge is 2.24. The number of aromatic nitrogens is 1. The number of piperidine rings is 1. The summed E-state index contributed by atoms with van der Waals surface area (Å²) in [6, 6.07) is 7.98. The van der Waals surface area contributed by atoms with E-state index in [1.807, 2.05) is 17.9 Å². The van der Waals surface area contributed by atoms with Gasteiger partial charge in [-0.2, -0.15) is 0 Å². The van der Waals surface area contributed by atoms with E-state index in [9.17, 15) is 14.0 Å². The molecule has 0 atom stereocenters. The molecule has 0 unspecified atom stereocenters. The number of pyridine rings is 1. The first kappa shape index (κ1) is 20.4. The third kappa shape index (κ3) is 4.93. The fourth-order valence-corrected chi connectivity index (χ4v) is 3.44. The number of benzene rings is 1. The number of amides is 1. The van der Waals surface area contributed by atoms with Crippen LogP contribution in [0, 0.1) is 12.7 Å². The summed E-state index contributed by atoms with van der Waals surface area (Å²) < 4.78 is 21.0. The summed E-state index contributed by atoms with van der Waals surface area (Å²) in [5, 5.41) is 0.0867. The maximum absolute atomic E-state index is 13.5. The first-order valence-corrected chi connectivity index (χ1v) is 9.77. The number of carbonyl (C=O) groups excluding carboxylic acids is 1. The van der Waals surface area contributed by atoms with E-state index in [1.165, 1.54) is 18.2 Å². The van der Waals surface area contributed by atoms with E-state index >= 15 is 0 Å². The second-order valence-corrected chi connectivity index (χ2v) is 7.58. The lowest BCUT2D eigenvalue weighted by Crippen LogP contribution is -2.42. The van der Waals surface area contributed by atoms with Gasteiger partial charge in [-0.3, -0.25) is 9.59 Å². The number of hydrogen-bond donors (Lipinski definition) is 0. The Morgan fingerprint density at radius 1 is 1.25 bits per heavy atom. The molecule has 1 aliphatic rings. The van der Waals surface area contributed by atoms with E-state index in [1.54, 1.807) is 17.7 Å². The smallest absolute Gasteiger partial charge is 0.254 e. The molecule has 2 aromatic rings. The Morgan fingerprint density at radius 2 is 1.96 bits per heavy atom. The Kier molecular flexibility index (Phi) is 6.39. The van der Waals surface area contributed by atoms with Gasteiger partial charge in [0.25, 0.3) is 5.56 Å². The van der Waals surface area contributed by atoms with Gasteiger partial charge < -0.3 is 14.2 Å². The van der Waals surface area contributed by atoms with Crippen LogP contribution in [0.3, 0.4) is 0 Å². The van der Waals surface area contributed by atoms with Crippen molar-refractivity contribution in [3.05, 3.63) is 62.8 Å². The van der Waals surface area contributed by atoms with Gasteiger partial charge in [-0.25, -0.2) is 4.39 Å². The molecule has 0 bridgehead atoms. The fourth-order valence-electron chi connectivity index (χ4n) is 3.32. The second kappa shape index (κ2) is 8.78. The molecule has 2 heterocycles. The van der Waals surface area contributed by atoms with Gasteiger partial charge in [0.05, 0.1) is 5.02 Å². The molecule has 1 aromatic heterocycles. The van der Waals surface area contributed by atoms with Crippen molar-refractivity contribution in [1.29, 1.82) is 0 Å². The highest BCUT2D eigenvalue weighted by molar-refractivity contribution is 6.30. The van der Waals surface area contributed by atoms with E-state index in [4.69, 9.17) is 16.3 Å². The van der Waals surface area contributed by atoms with Crippen LogP contribution >= 0.6 is 11.6 Å². The van der Waals surface area contributed by atoms with Crippen LogP contribution in [-0.4, -0.2) is 34.6 Å². The van der Waals surface area contributed by atoms with Crippen molar-refractivity contribution in [2.75, 3.05) is 13.1 Å². The predicted molar refractivity (Wildman–Crippen MR) is 106 cm³/mol. The van der Waals surface area contributed by atoms with Crippen LogP contribution in [0.4, 0.5) is 4.39 Å². The average molecular weight is 407 g/mol. The second-order valence-electron chi connectivity index (χ2n) is 7.18. The molecule has 1 amide bonds. The third-order valence-electron chi connectivity index (χ3n) is 5.19. The summed E-state index contributed by atoms with van der Waals surface area (Å²) in [5.41, 5.74) is 1.50. The molecule has 150 valence electrons. The molecule has 1 saturated heterocycles. The summed E-state index contributed by atoms with van der Waals surface area (Å²) in [5.74, 6) is 0.170. The van der Waals surface area contributed by atoms with Crippen molar-refractivity contribution in [2.24, 2.45) is 7.05 Å². The zero-order valence-electron chi connectivity index (χ0n) is 16.1. The Balaban J connectivity index is 1.48. The molecule has 0 saturated carbocycles. The molecule has 0 N–H and O–H groups in total. The molecule has 28 heavy (non-hydrogen) atoms. The standard InChI is InChI=1S/C21H24ClFN2O3/c1-14-11-17(13-21(27)24(14)2)28-16-7-9-25(10-8-16)20(26)6-4-15-3-5-18(22)19(23)12-15/h3,5,11-13,16H,4,6-10H2,1-2H3. The Morgan fingerprint density at radius 3 is 2.61 bits per heavy atom. The average Bonchev–Trinajstić information content (AvgIpc) is 2.67. The SMILES string of the molecule is Cc1cc(OC2CCN(C(=O)CCc3ccc(Cl)c(F)c3)CC2)cc(=O)n1C. The Hall–Kier alpha value is -2.34. The zero-order valence-corrected chi connectivity index (χ0v) is 16.8. The lowest BCUT2D eigenvalue weighted by Gasteiger charge is -2.32. The number of aryl methyl sites for hydroxylation is 2. The van der Waals surface area contributed by atoms with Crippen molar-refractivity contribution in [1.82, 2.24) is 9.47 Å². The third-order valence-corrected chi connectivity index (χ3v) is 5.49. The fraction of sp³-hybridized carbons (Fsp3) is 0.429. The first-order valence-electron chi connectivity index (χ1n) is 9.39. The van der Waals surface area contributed by atoms with Gasteiger partial charge in [0.15, 0.2) is 0 Å². The number of nitrogens with zero attached hydrogens (tertiary/aromatic N) is 2. The van der Waals surface area contributed by atoms with Gasteiger partial charge in [0.1, 0.15) is 17.7 Å². The van der Waals surface area contributed by atoms with Crippen molar-refractivity contribution in [3.8, 4) is 5.75 Å². The summed E-state index contributed by atoms with van der Waals surface area (Å²) in [7, 11) is 1.73. The molecular weight excluding hydrogens is 383 g/mol. The van der Waals surface area contributed by atoms with Gasteiger partial charge in [0.2, 0.25) is 5.91 Å². The van der Waals surface area contributed by atoms with E-state index in [0.717, 1.165) is 24.1 Å². The Bertz CT molecular complexity index is 920. The van der Waals surface area contributed by atoms with Crippen LogP contribution in [0.2, 0.25) is 5.02 Å². The highest BCUT2D eigenvalue weighted by Crippen LogP contribution is 2.20.